The number of urea groups is 1. The van der Waals surface area contributed by atoms with Crippen LogP contribution < -0.4 is 15.4 Å². The SMILES string of the molecule is O=C(CCCCCOc1cccc(CN(Cc2ccccn2)Cc2ccccn2)c1)CCCCC1SC[C@H]2NC(=O)N[C@@H]12.[Zn+2]. The van der Waals surface area contributed by atoms with Gasteiger partial charge >= 0.3 is 25.5 Å². The number of amides is 2. The van der Waals surface area contributed by atoms with Crippen LogP contribution in [0.25, 0.3) is 0 Å². The number of pyridine rings is 2. The second-order valence-corrected chi connectivity index (χ2v) is 12.8. The van der Waals surface area contributed by atoms with Crippen molar-refractivity contribution in [3.8, 4) is 5.75 Å². The predicted molar refractivity (Wildman–Crippen MR) is 171 cm³/mol. The number of carbonyl (C=O) groups is 2. The summed E-state index contributed by atoms with van der Waals surface area (Å²) in [5.41, 5.74) is 3.25. The molecule has 2 saturated heterocycles. The average molecular weight is 667 g/mol. The normalized spacial score (nSPS) is 18.8. The summed E-state index contributed by atoms with van der Waals surface area (Å²) < 4.78 is 6.08. The van der Waals surface area contributed by atoms with Crippen molar-refractivity contribution in [2.24, 2.45) is 0 Å². The van der Waals surface area contributed by atoms with Crippen LogP contribution in [-0.4, -0.2) is 56.4 Å². The molecule has 44 heavy (non-hydrogen) atoms. The van der Waals surface area contributed by atoms with Crippen LogP contribution in [-0.2, 0) is 43.9 Å². The summed E-state index contributed by atoms with van der Waals surface area (Å²) in [4.78, 5) is 35.3. The van der Waals surface area contributed by atoms with Gasteiger partial charge in [0.25, 0.3) is 0 Å². The zero-order valence-electron chi connectivity index (χ0n) is 25.5. The van der Waals surface area contributed by atoms with Gasteiger partial charge in [-0.25, -0.2) is 4.79 Å². The Bertz CT molecular complexity index is 1260. The first-order valence-electron chi connectivity index (χ1n) is 15.6. The standard InChI is InChI=1S/C34H43N5O3S.Zn/c40-29(15-3-4-17-32-33-31(25-43-32)37-34(41)38-33)14-2-1-9-20-42-30-16-10-11-26(21-30)22-39(23-27-12-5-7-18-35-27)24-28-13-6-8-19-36-28;/h5-8,10-13,16,18-19,21,31-33H,1-4,9,14-15,17,20,22-25H2,(H2,37,38,41);/q;+2/t31-,32?,33-;/m1./s1. The quantitative estimate of drug-likeness (QED) is 0.0990. The Labute approximate surface area is 278 Å². The maximum atomic E-state index is 12.4. The first-order chi connectivity index (χ1) is 21.1. The largest absolute Gasteiger partial charge is 2.00 e. The van der Waals surface area contributed by atoms with Gasteiger partial charge in [0.2, 0.25) is 0 Å². The molecule has 10 heteroatoms. The molecule has 228 valence electrons. The molecule has 2 aliphatic rings. The Morgan fingerprint density at radius 3 is 2.30 bits per heavy atom. The number of fused-ring (bicyclic) bond motifs is 1. The summed E-state index contributed by atoms with van der Waals surface area (Å²) >= 11 is 1.94. The van der Waals surface area contributed by atoms with E-state index in [9.17, 15) is 9.59 Å². The maximum Gasteiger partial charge on any atom is 2.00 e. The first-order valence-corrected chi connectivity index (χ1v) is 16.6. The summed E-state index contributed by atoms with van der Waals surface area (Å²) in [6.45, 7) is 2.88. The Morgan fingerprint density at radius 1 is 0.864 bits per heavy atom. The van der Waals surface area contributed by atoms with Gasteiger partial charge in [-0.2, -0.15) is 11.8 Å². The molecule has 1 unspecified atom stereocenters. The number of hydrogen-bond donors (Lipinski definition) is 2. The molecule has 2 fully saturated rings. The summed E-state index contributed by atoms with van der Waals surface area (Å²) in [5, 5.41) is 6.50. The number of thioether (sulfide) groups is 1. The van der Waals surface area contributed by atoms with Crippen molar-refractivity contribution in [1.29, 1.82) is 0 Å². The van der Waals surface area contributed by atoms with Gasteiger partial charge in [-0.05, 0) is 74.1 Å². The van der Waals surface area contributed by atoms with E-state index in [0.717, 1.165) is 81.0 Å². The average Bonchev–Trinajstić information content (AvgIpc) is 3.57. The summed E-state index contributed by atoms with van der Waals surface area (Å²) in [6, 6.07) is 20.8. The number of ketones is 1. The van der Waals surface area contributed by atoms with E-state index in [0.29, 0.717) is 30.5 Å². The fourth-order valence-corrected chi connectivity index (χ4v) is 7.37. The van der Waals surface area contributed by atoms with Gasteiger partial charge in [0.05, 0.1) is 30.1 Å². The molecule has 3 aromatic rings. The van der Waals surface area contributed by atoms with Crippen LogP contribution in [0.2, 0.25) is 0 Å². The molecule has 2 amide bonds. The molecule has 1 aromatic carbocycles. The van der Waals surface area contributed by atoms with Gasteiger partial charge in [-0.3, -0.25) is 19.7 Å². The molecule has 2 aliphatic heterocycles. The first kappa shape index (κ1) is 34.1. The monoisotopic (exact) mass is 665 g/mol. The Kier molecular flexibility index (Phi) is 14.1. The van der Waals surface area contributed by atoms with Crippen molar-refractivity contribution in [2.45, 2.75) is 88.3 Å². The predicted octanol–water partition coefficient (Wildman–Crippen LogP) is 5.91. The topological polar surface area (TPSA) is 96.4 Å². The Balaban J connectivity index is 0.00000442. The third-order valence-corrected chi connectivity index (χ3v) is 9.54. The number of carbonyl (C=O) groups excluding carboxylic acids is 2. The van der Waals surface area contributed by atoms with E-state index in [2.05, 4.69) is 49.8 Å². The molecular weight excluding hydrogens is 624 g/mol. The Hall–Kier alpha value is -2.81. The van der Waals surface area contributed by atoms with Gasteiger partial charge in [-0.1, -0.05) is 30.7 Å². The molecule has 0 aliphatic carbocycles. The Morgan fingerprint density at radius 2 is 1.59 bits per heavy atom. The van der Waals surface area contributed by atoms with Crippen molar-refractivity contribution < 1.29 is 33.8 Å². The van der Waals surface area contributed by atoms with E-state index >= 15 is 0 Å². The van der Waals surface area contributed by atoms with Crippen LogP contribution in [0.4, 0.5) is 4.79 Å². The van der Waals surface area contributed by atoms with Crippen molar-refractivity contribution >= 4 is 23.6 Å². The number of rotatable bonds is 18. The third-order valence-electron chi connectivity index (χ3n) is 8.03. The van der Waals surface area contributed by atoms with E-state index in [1.807, 2.05) is 60.6 Å². The minimum Gasteiger partial charge on any atom is -0.494 e. The van der Waals surface area contributed by atoms with E-state index in [4.69, 9.17) is 4.74 Å². The number of benzene rings is 1. The van der Waals surface area contributed by atoms with Gasteiger partial charge < -0.3 is 15.4 Å². The number of unbranched alkanes of at least 4 members (excludes halogenated alkanes) is 3. The molecule has 2 aromatic heterocycles. The smallest absolute Gasteiger partial charge is 0.494 e. The molecular formula is C34H43N5O3SZn+2. The van der Waals surface area contributed by atoms with E-state index < -0.39 is 0 Å². The van der Waals surface area contributed by atoms with Crippen LogP contribution in [0, 0.1) is 0 Å². The minimum atomic E-state index is -0.0364. The number of nitrogens with zero attached hydrogens (tertiary/aromatic N) is 3. The van der Waals surface area contributed by atoms with Gasteiger partial charge in [-0.15, -0.1) is 0 Å². The third kappa shape index (κ3) is 11.0. The molecule has 0 saturated carbocycles. The van der Waals surface area contributed by atoms with Crippen LogP contribution in [0.15, 0.2) is 73.1 Å². The van der Waals surface area contributed by atoms with E-state index in [-0.39, 0.29) is 37.6 Å². The number of hydrogen-bond acceptors (Lipinski definition) is 7. The molecule has 0 bridgehead atoms. The zero-order valence-corrected chi connectivity index (χ0v) is 29.3. The number of ether oxygens (including phenoxy) is 1. The summed E-state index contributed by atoms with van der Waals surface area (Å²) in [5.74, 6) is 2.23. The van der Waals surface area contributed by atoms with Gasteiger partial charge in [0.15, 0.2) is 0 Å². The van der Waals surface area contributed by atoms with Crippen LogP contribution >= 0.6 is 11.8 Å². The number of nitrogens with one attached hydrogen (secondary N) is 2. The van der Waals surface area contributed by atoms with Crippen molar-refractivity contribution in [3.63, 3.8) is 0 Å². The van der Waals surface area contributed by atoms with Crippen LogP contribution in [0.3, 0.4) is 0 Å². The number of Topliss-reactive ketones (excluding diaryl/α,β-unsaturated/α-hetero) is 1. The van der Waals surface area contributed by atoms with Crippen LogP contribution in [0.1, 0.15) is 68.3 Å². The fraction of sp³-hybridized carbons (Fsp3) is 0.471. The van der Waals surface area contributed by atoms with Gasteiger partial charge in [0, 0.05) is 55.9 Å². The minimum absolute atomic E-state index is 0. The zero-order chi connectivity index (χ0) is 29.7. The number of aromatic nitrogens is 2. The molecule has 8 nitrogen and oxygen atoms in total. The second kappa shape index (κ2) is 18.2. The van der Waals surface area contributed by atoms with Crippen molar-refractivity contribution in [2.75, 3.05) is 12.4 Å². The molecule has 4 heterocycles. The second-order valence-electron chi connectivity index (χ2n) is 11.5. The van der Waals surface area contributed by atoms with Crippen LogP contribution in [0.5, 0.6) is 5.75 Å². The molecule has 0 radical (unpaired) electrons. The summed E-state index contributed by atoms with van der Waals surface area (Å²) in [7, 11) is 0. The van der Waals surface area contributed by atoms with E-state index in [1.54, 1.807) is 0 Å². The van der Waals surface area contributed by atoms with Crippen molar-refractivity contribution in [3.05, 3.63) is 90.0 Å². The molecule has 3 atom stereocenters. The molecule has 0 spiro atoms. The molecule has 2 N–H and O–H groups in total. The van der Waals surface area contributed by atoms with Crippen molar-refractivity contribution in [1.82, 2.24) is 25.5 Å². The fourth-order valence-electron chi connectivity index (χ4n) is 5.83. The van der Waals surface area contributed by atoms with E-state index in [1.165, 1.54) is 5.56 Å². The van der Waals surface area contributed by atoms with Gasteiger partial charge in [0.1, 0.15) is 11.5 Å². The maximum absolute atomic E-state index is 12.4. The summed E-state index contributed by atoms with van der Waals surface area (Å²) in [6.07, 6.45) is 10.9. The molecule has 5 rings (SSSR count).